The van der Waals surface area contributed by atoms with E-state index in [1.54, 1.807) is 6.26 Å². The third-order valence-electron chi connectivity index (χ3n) is 1.28. The van der Waals surface area contributed by atoms with Crippen molar-refractivity contribution in [3.8, 4) is 0 Å². The summed E-state index contributed by atoms with van der Waals surface area (Å²) >= 11 is 0. The highest BCUT2D eigenvalue weighted by Gasteiger charge is 2.21. The molecule has 0 aromatic rings. The van der Waals surface area contributed by atoms with Crippen LogP contribution in [0.2, 0.25) is 0 Å². The van der Waals surface area contributed by atoms with Gasteiger partial charge in [-0.1, -0.05) is 0 Å². The number of ether oxygens (including phenoxy) is 2. The van der Waals surface area contributed by atoms with Gasteiger partial charge in [0.2, 0.25) is 0 Å². The van der Waals surface area contributed by atoms with Crippen LogP contribution in [0.3, 0.4) is 0 Å². The first kappa shape index (κ1) is 7.61. The van der Waals surface area contributed by atoms with Crippen LogP contribution in [0.15, 0.2) is 11.8 Å². The Bertz CT molecular complexity index is 121. The Kier molecular flexibility index (Phi) is 2.75. The Morgan fingerprint density at radius 3 is 2.90 bits per heavy atom. The van der Waals surface area contributed by atoms with E-state index in [1.165, 1.54) is 5.57 Å². The summed E-state index contributed by atoms with van der Waals surface area (Å²) in [6.07, 6.45) is 3.32. The number of hydrogen-bond donors (Lipinski definition) is 0. The predicted molar refractivity (Wildman–Crippen MR) is 39.7 cm³/mol. The summed E-state index contributed by atoms with van der Waals surface area (Å²) in [5, 5.41) is 0. The Balaban J connectivity index is 1.89. The Labute approximate surface area is 61.8 Å². The van der Waals surface area contributed by atoms with E-state index < -0.39 is 0 Å². The Hall–Kier alpha value is -0.500. The van der Waals surface area contributed by atoms with Gasteiger partial charge in [-0.2, -0.15) is 0 Å². The first-order valence-electron chi connectivity index (χ1n) is 3.65. The lowest BCUT2D eigenvalue weighted by molar-refractivity contribution is 0.226. The third kappa shape index (κ3) is 3.51. The van der Waals surface area contributed by atoms with Gasteiger partial charge in [0.1, 0.15) is 0 Å². The standard InChI is InChI=1S/C8H14O2/c1-7(2)5-9-4-3-8-6-10-8/h5,8H,3-4,6H2,1-2H3. The maximum absolute atomic E-state index is 5.20. The second-order valence-electron chi connectivity index (χ2n) is 2.81. The molecule has 58 valence electrons. The van der Waals surface area contributed by atoms with E-state index in [4.69, 9.17) is 9.47 Å². The average molecular weight is 142 g/mol. The van der Waals surface area contributed by atoms with Crippen molar-refractivity contribution in [3.63, 3.8) is 0 Å². The van der Waals surface area contributed by atoms with Crippen LogP contribution < -0.4 is 0 Å². The fraction of sp³-hybridized carbons (Fsp3) is 0.750. The van der Waals surface area contributed by atoms with Crippen molar-refractivity contribution < 1.29 is 9.47 Å². The molecule has 1 atom stereocenters. The third-order valence-corrected chi connectivity index (χ3v) is 1.28. The molecule has 1 aliphatic rings. The summed E-state index contributed by atoms with van der Waals surface area (Å²) in [4.78, 5) is 0. The second kappa shape index (κ2) is 3.62. The van der Waals surface area contributed by atoms with E-state index >= 15 is 0 Å². The molecule has 0 bridgehead atoms. The van der Waals surface area contributed by atoms with Crippen LogP contribution in [0.4, 0.5) is 0 Å². The van der Waals surface area contributed by atoms with E-state index in [1.807, 2.05) is 13.8 Å². The molecule has 1 fully saturated rings. The molecule has 0 saturated carbocycles. The summed E-state index contributed by atoms with van der Waals surface area (Å²) in [6.45, 7) is 5.76. The van der Waals surface area contributed by atoms with Crippen LogP contribution in [0, 0.1) is 0 Å². The molecule has 0 radical (unpaired) electrons. The largest absolute Gasteiger partial charge is 0.501 e. The van der Waals surface area contributed by atoms with Crippen molar-refractivity contribution in [3.05, 3.63) is 11.8 Å². The molecule has 1 rings (SSSR count). The fourth-order valence-electron chi connectivity index (χ4n) is 0.660. The molecule has 2 heteroatoms. The van der Waals surface area contributed by atoms with Crippen LogP contribution in [-0.2, 0) is 9.47 Å². The van der Waals surface area contributed by atoms with Gasteiger partial charge in [0.25, 0.3) is 0 Å². The summed E-state index contributed by atoms with van der Waals surface area (Å²) in [6, 6.07) is 0. The van der Waals surface area contributed by atoms with Gasteiger partial charge in [-0.3, -0.25) is 0 Å². The van der Waals surface area contributed by atoms with Gasteiger partial charge in [0, 0.05) is 6.42 Å². The molecule has 0 aromatic carbocycles. The number of rotatable bonds is 4. The summed E-state index contributed by atoms with van der Waals surface area (Å²) < 4.78 is 10.2. The zero-order chi connectivity index (χ0) is 7.40. The normalized spacial score (nSPS) is 22.0. The summed E-state index contributed by atoms with van der Waals surface area (Å²) in [5.74, 6) is 0. The zero-order valence-corrected chi connectivity index (χ0v) is 6.59. The second-order valence-corrected chi connectivity index (χ2v) is 2.81. The van der Waals surface area contributed by atoms with Crippen LogP contribution in [0.25, 0.3) is 0 Å². The molecule has 0 aromatic heterocycles. The molecule has 1 heterocycles. The molecule has 2 nitrogen and oxygen atoms in total. The quantitative estimate of drug-likeness (QED) is 0.338. The predicted octanol–water partition coefficient (Wildman–Crippen LogP) is 1.72. The van der Waals surface area contributed by atoms with Crippen molar-refractivity contribution >= 4 is 0 Å². The molecule has 0 amide bonds. The molecule has 1 saturated heterocycles. The fourth-order valence-corrected chi connectivity index (χ4v) is 0.660. The van der Waals surface area contributed by atoms with Gasteiger partial charge in [0.15, 0.2) is 0 Å². The van der Waals surface area contributed by atoms with E-state index in [-0.39, 0.29) is 0 Å². The van der Waals surface area contributed by atoms with Crippen molar-refractivity contribution in [2.24, 2.45) is 0 Å². The minimum absolute atomic E-state index is 0.491. The van der Waals surface area contributed by atoms with E-state index in [2.05, 4.69) is 0 Å². The molecular weight excluding hydrogens is 128 g/mol. The van der Waals surface area contributed by atoms with Gasteiger partial charge >= 0.3 is 0 Å². The maximum Gasteiger partial charge on any atom is 0.0898 e. The van der Waals surface area contributed by atoms with Crippen LogP contribution in [-0.4, -0.2) is 19.3 Å². The Morgan fingerprint density at radius 1 is 1.70 bits per heavy atom. The average Bonchev–Trinajstić information content (AvgIpc) is 2.62. The smallest absolute Gasteiger partial charge is 0.0898 e. The lowest BCUT2D eigenvalue weighted by Crippen LogP contribution is -1.93. The molecular formula is C8H14O2. The maximum atomic E-state index is 5.20. The minimum atomic E-state index is 0.491. The molecule has 0 aliphatic carbocycles. The highest BCUT2D eigenvalue weighted by atomic mass is 16.6. The van der Waals surface area contributed by atoms with E-state index in [0.29, 0.717) is 6.10 Å². The number of hydrogen-bond acceptors (Lipinski definition) is 2. The van der Waals surface area contributed by atoms with Crippen molar-refractivity contribution in [2.45, 2.75) is 26.4 Å². The van der Waals surface area contributed by atoms with Crippen molar-refractivity contribution in [1.29, 1.82) is 0 Å². The van der Waals surface area contributed by atoms with E-state index in [0.717, 1.165) is 19.6 Å². The number of allylic oxidation sites excluding steroid dienone is 1. The highest BCUT2D eigenvalue weighted by Crippen LogP contribution is 2.12. The van der Waals surface area contributed by atoms with Gasteiger partial charge in [-0.05, 0) is 19.4 Å². The van der Waals surface area contributed by atoms with Crippen molar-refractivity contribution in [2.75, 3.05) is 13.2 Å². The molecule has 0 N–H and O–H groups in total. The topological polar surface area (TPSA) is 21.8 Å². The summed E-state index contributed by atoms with van der Waals surface area (Å²) in [7, 11) is 0. The van der Waals surface area contributed by atoms with E-state index in [9.17, 15) is 0 Å². The minimum Gasteiger partial charge on any atom is -0.501 e. The van der Waals surface area contributed by atoms with Gasteiger partial charge in [-0.15, -0.1) is 0 Å². The van der Waals surface area contributed by atoms with Gasteiger partial charge in [-0.25, -0.2) is 0 Å². The van der Waals surface area contributed by atoms with Crippen molar-refractivity contribution in [1.82, 2.24) is 0 Å². The van der Waals surface area contributed by atoms with Crippen LogP contribution in [0.1, 0.15) is 20.3 Å². The Morgan fingerprint density at radius 2 is 2.40 bits per heavy atom. The van der Waals surface area contributed by atoms with Crippen LogP contribution in [0.5, 0.6) is 0 Å². The molecule has 10 heavy (non-hydrogen) atoms. The van der Waals surface area contributed by atoms with Gasteiger partial charge < -0.3 is 9.47 Å². The van der Waals surface area contributed by atoms with Crippen LogP contribution >= 0.6 is 0 Å². The highest BCUT2D eigenvalue weighted by molar-refractivity contribution is 4.86. The molecule has 1 unspecified atom stereocenters. The monoisotopic (exact) mass is 142 g/mol. The molecule has 0 spiro atoms. The first-order chi connectivity index (χ1) is 4.79. The first-order valence-corrected chi connectivity index (χ1v) is 3.65. The lowest BCUT2D eigenvalue weighted by Gasteiger charge is -1.97. The lowest BCUT2D eigenvalue weighted by atomic mass is 10.3. The molecule has 1 aliphatic heterocycles. The zero-order valence-electron chi connectivity index (χ0n) is 6.59. The van der Waals surface area contributed by atoms with Gasteiger partial charge in [0.05, 0.1) is 25.6 Å². The SMILES string of the molecule is CC(C)=COCCC1CO1. The summed E-state index contributed by atoms with van der Waals surface area (Å²) in [5.41, 5.74) is 1.21. The number of epoxide rings is 1.